The van der Waals surface area contributed by atoms with Crippen LogP contribution in [-0.4, -0.2) is 50.1 Å². The van der Waals surface area contributed by atoms with Gasteiger partial charge in [0.05, 0.1) is 5.69 Å². The third-order valence-electron chi connectivity index (χ3n) is 3.51. The van der Waals surface area contributed by atoms with Gasteiger partial charge in [0.15, 0.2) is 5.96 Å². The number of hydrogen-bond acceptors (Lipinski definition) is 3. The second kappa shape index (κ2) is 11.9. The lowest BCUT2D eigenvalue weighted by molar-refractivity contribution is 0.567. The van der Waals surface area contributed by atoms with Gasteiger partial charge in [-0.15, -0.1) is 24.0 Å². The van der Waals surface area contributed by atoms with Crippen LogP contribution in [0, 0.1) is 13.8 Å². The van der Waals surface area contributed by atoms with Crippen molar-refractivity contribution >= 4 is 40.7 Å². The van der Waals surface area contributed by atoms with E-state index in [9.17, 15) is 4.21 Å². The Kier molecular flexibility index (Phi) is 11.6. The monoisotopic (exact) mass is 483 g/mol. The zero-order valence-corrected chi connectivity index (χ0v) is 19.5. The third-order valence-corrected chi connectivity index (χ3v) is 5.45. The summed E-state index contributed by atoms with van der Waals surface area (Å²) < 4.78 is 13.9. The Bertz CT molecular complexity index is 566. The average Bonchev–Trinajstić information content (AvgIpc) is 2.80. The van der Waals surface area contributed by atoms with Crippen LogP contribution in [0.25, 0.3) is 0 Å². The summed E-state index contributed by atoms with van der Waals surface area (Å²) in [6.45, 7) is 15.2. The molecule has 0 spiro atoms. The molecule has 25 heavy (non-hydrogen) atoms. The number of nitrogens with one attached hydrogen (secondary N) is 2. The van der Waals surface area contributed by atoms with Crippen molar-refractivity contribution in [1.29, 1.82) is 0 Å². The van der Waals surface area contributed by atoms with Gasteiger partial charge in [-0.1, -0.05) is 0 Å². The lowest BCUT2D eigenvalue weighted by atomic mass is 10.3. The second-order valence-electron chi connectivity index (χ2n) is 6.85. The van der Waals surface area contributed by atoms with Crippen molar-refractivity contribution in [2.75, 3.05) is 25.4 Å². The van der Waals surface area contributed by atoms with Crippen LogP contribution in [0.3, 0.4) is 0 Å². The lowest BCUT2D eigenvalue weighted by Crippen LogP contribution is -2.40. The lowest BCUT2D eigenvalue weighted by Gasteiger charge is -2.18. The van der Waals surface area contributed by atoms with Crippen molar-refractivity contribution in [1.82, 2.24) is 20.4 Å². The van der Waals surface area contributed by atoms with Crippen molar-refractivity contribution < 1.29 is 4.21 Å². The number of aliphatic imine (C=N–C) groups is 1. The van der Waals surface area contributed by atoms with Gasteiger partial charge < -0.3 is 10.6 Å². The van der Waals surface area contributed by atoms with E-state index in [0.717, 1.165) is 37.7 Å². The van der Waals surface area contributed by atoms with Gasteiger partial charge in [-0.3, -0.25) is 13.9 Å². The maximum absolute atomic E-state index is 12.1. The Morgan fingerprint density at radius 2 is 2.00 bits per heavy atom. The van der Waals surface area contributed by atoms with Crippen LogP contribution in [0.1, 0.15) is 45.5 Å². The summed E-state index contributed by atoms with van der Waals surface area (Å²) in [5.41, 5.74) is 2.24. The van der Waals surface area contributed by atoms with Gasteiger partial charge in [-0.05, 0) is 54.0 Å². The maximum atomic E-state index is 12.1. The van der Waals surface area contributed by atoms with Gasteiger partial charge in [0.2, 0.25) is 0 Å². The summed E-state index contributed by atoms with van der Waals surface area (Å²) in [6, 6.07) is 2.09. The molecule has 0 saturated heterocycles. The van der Waals surface area contributed by atoms with Gasteiger partial charge in [-0.2, -0.15) is 5.10 Å². The first-order valence-electron chi connectivity index (χ1n) is 8.65. The summed E-state index contributed by atoms with van der Waals surface area (Å²) in [7, 11) is -0.847. The third kappa shape index (κ3) is 9.58. The van der Waals surface area contributed by atoms with Gasteiger partial charge in [0, 0.05) is 53.2 Å². The van der Waals surface area contributed by atoms with Crippen LogP contribution in [0.5, 0.6) is 0 Å². The first-order chi connectivity index (χ1) is 11.2. The minimum atomic E-state index is -0.847. The van der Waals surface area contributed by atoms with E-state index >= 15 is 0 Å². The van der Waals surface area contributed by atoms with Crippen LogP contribution >= 0.6 is 24.0 Å². The van der Waals surface area contributed by atoms with E-state index in [2.05, 4.69) is 33.7 Å². The standard InChI is InChI=1S/C17H33N5OS.HI/c1-7-18-16(20-10-12-24(23)17(4,5)6)19-9-8-11-22-15(3)13-14(2)21-22;/h13H,7-12H2,1-6H3,(H2,18,19,20);1H. The highest BCUT2D eigenvalue weighted by atomic mass is 127. The number of nitrogens with zero attached hydrogens (tertiary/aromatic N) is 3. The quantitative estimate of drug-likeness (QED) is 0.258. The molecule has 0 bridgehead atoms. The average molecular weight is 483 g/mol. The zero-order chi connectivity index (χ0) is 18.2. The topological polar surface area (TPSA) is 71.3 Å². The number of aryl methyl sites for hydroxylation is 3. The van der Waals surface area contributed by atoms with Crippen LogP contribution in [-0.2, 0) is 17.3 Å². The van der Waals surface area contributed by atoms with Crippen LogP contribution in [0.2, 0.25) is 0 Å². The highest BCUT2D eigenvalue weighted by Gasteiger charge is 2.18. The fourth-order valence-electron chi connectivity index (χ4n) is 2.22. The second-order valence-corrected chi connectivity index (χ2v) is 9.18. The van der Waals surface area contributed by atoms with E-state index in [1.807, 2.05) is 39.3 Å². The van der Waals surface area contributed by atoms with E-state index in [1.165, 1.54) is 5.69 Å². The molecule has 1 aromatic rings. The molecule has 1 heterocycles. The molecule has 1 aromatic heterocycles. The van der Waals surface area contributed by atoms with Crippen molar-refractivity contribution in [3.05, 3.63) is 17.5 Å². The molecule has 0 radical (unpaired) electrons. The highest BCUT2D eigenvalue weighted by molar-refractivity contribution is 14.0. The van der Waals surface area contributed by atoms with E-state index < -0.39 is 10.8 Å². The molecule has 2 N–H and O–H groups in total. The summed E-state index contributed by atoms with van der Waals surface area (Å²) >= 11 is 0. The molecule has 0 fully saturated rings. The van der Waals surface area contributed by atoms with E-state index in [1.54, 1.807) is 0 Å². The van der Waals surface area contributed by atoms with E-state index in [4.69, 9.17) is 0 Å². The summed E-state index contributed by atoms with van der Waals surface area (Å²) in [6.07, 6.45) is 0.937. The molecular weight excluding hydrogens is 449 g/mol. The van der Waals surface area contributed by atoms with Crippen LogP contribution < -0.4 is 10.6 Å². The molecule has 0 aliphatic rings. The molecule has 0 amide bonds. The summed E-state index contributed by atoms with van der Waals surface area (Å²) in [5, 5.41) is 10.9. The Hall–Kier alpha value is -0.640. The van der Waals surface area contributed by atoms with Gasteiger partial charge in [0.1, 0.15) is 0 Å². The summed E-state index contributed by atoms with van der Waals surface area (Å²) in [5.74, 6) is 1.41. The molecule has 0 aliphatic heterocycles. The molecule has 0 aliphatic carbocycles. The van der Waals surface area contributed by atoms with Crippen LogP contribution in [0.4, 0.5) is 0 Å². The molecule has 0 aromatic carbocycles. The first-order valence-corrected chi connectivity index (χ1v) is 9.97. The normalized spacial score (nSPS) is 13.3. The molecule has 6 nitrogen and oxygen atoms in total. The number of guanidine groups is 1. The van der Waals surface area contributed by atoms with Crippen LogP contribution in [0.15, 0.2) is 11.1 Å². The number of aromatic nitrogens is 2. The van der Waals surface area contributed by atoms with Gasteiger partial charge in [0.25, 0.3) is 0 Å². The minimum absolute atomic E-state index is 0. The van der Waals surface area contributed by atoms with Gasteiger partial charge >= 0.3 is 0 Å². The van der Waals surface area contributed by atoms with Gasteiger partial charge in [-0.25, -0.2) is 0 Å². The Balaban J connectivity index is 0.00000576. The summed E-state index contributed by atoms with van der Waals surface area (Å²) in [4.78, 5) is 4.58. The molecule has 1 unspecified atom stereocenters. The molecule has 0 saturated carbocycles. The molecule has 8 heteroatoms. The molecular formula is C17H34IN5OS. The molecule has 1 rings (SSSR count). The van der Waals surface area contributed by atoms with Crippen molar-refractivity contribution in [2.24, 2.45) is 4.99 Å². The SMILES string of the molecule is CCNC(=NCCCn1nc(C)cc1C)NCCS(=O)C(C)(C)C.I. The maximum Gasteiger partial charge on any atom is 0.191 e. The fraction of sp³-hybridized carbons (Fsp3) is 0.765. The van der Waals surface area contributed by atoms with E-state index in [-0.39, 0.29) is 28.7 Å². The van der Waals surface area contributed by atoms with E-state index in [0.29, 0.717) is 12.3 Å². The number of halogens is 1. The predicted octanol–water partition coefficient (Wildman–Crippen LogP) is 2.61. The number of rotatable bonds is 8. The smallest absolute Gasteiger partial charge is 0.191 e. The Morgan fingerprint density at radius 3 is 2.52 bits per heavy atom. The fourth-order valence-corrected chi connectivity index (χ4v) is 3.12. The predicted molar refractivity (Wildman–Crippen MR) is 118 cm³/mol. The number of hydrogen-bond donors (Lipinski definition) is 2. The Labute approximate surface area is 172 Å². The Morgan fingerprint density at radius 1 is 1.32 bits per heavy atom. The molecule has 1 atom stereocenters. The first kappa shape index (κ1) is 24.4. The largest absolute Gasteiger partial charge is 0.357 e. The zero-order valence-electron chi connectivity index (χ0n) is 16.4. The molecule has 146 valence electrons. The van der Waals surface area contributed by atoms with Crippen molar-refractivity contribution in [3.63, 3.8) is 0 Å². The van der Waals surface area contributed by atoms with Crippen molar-refractivity contribution in [3.8, 4) is 0 Å². The van der Waals surface area contributed by atoms with Crippen molar-refractivity contribution in [2.45, 2.75) is 59.3 Å². The minimum Gasteiger partial charge on any atom is -0.357 e. The highest BCUT2D eigenvalue weighted by Crippen LogP contribution is 2.10.